The van der Waals surface area contributed by atoms with Crippen LogP contribution in [0, 0.1) is 13.8 Å². The fourth-order valence-electron chi connectivity index (χ4n) is 2.01. The molecule has 0 fully saturated rings. The van der Waals surface area contributed by atoms with Crippen LogP contribution in [0.25, 0.3) is 5.82 Å². The van der Waals surface area contributed by atoms with E-state index in [9.17, 15) is 4.79 Å². The van der Waals surface area contributed by atoms with E-state index >= 15 is 0 Å². The van der Waals surface area contributed by atoms with Gasteiger partial charge in [0.05, 0.1) is 11.2 Å². The number of hydrogen-bond donors (Lipinski definition) is 0. The van der Waals surface area contributed by atoms with Gasteiger partial charge >= 0.3 is 0 Å². The molecule has 0 saturated carbocycles. The lowest BCUT2D eigenvalue weighted by Gasteiger charge is -2.10. The van der Waals surface area contributed by atoms with Crippen molar-refractivity contribution in [2.75, 3.05) is 0 Å². The lowest BCUT2D eigenvalue weighted by molar-refractivity contribution is 0.456. The van der Waals surface area contributed by atoms with Crippen molar-refractivity contribution >= 4 is 23.2 Å². The minimum absolute atomic E-state index is 0.0823. The highest BCUT2D eigenvalue weighted by molar-refractivity contribution is 6.41. The molecule has 2 aromatic heterocycles. The highest BCUT2D eigenvalue weighted by Gasteiger charge is 2.12. The third kappa shape index (κ3) is 3.25. The molecule has 0 amide bonds. The van der Waals surface area contributed by atoms with Crippen LogP contribution < -0.4 is 10.3 Å². The fourth-order valence-corrected chi connectivity index (χ4v) is 2.26. The van der Waals surface area contributed by atoms with Crippen LogP contribution in [-0.4, -0.2) is 19.7 Å². The first-order valence-electron chi connectivity index (χ1n) is 6.96. The van der Waals surface area contributed by atoms with Crippen LogP contribution in [0.15, 0.2) is 41.6 Å². The summed E-state index contributed by atoms with van der Waals surface area (Å²) in [6.45, 7) is 3.90. The van der Waals surface area contributed by atoms with Crippen LogP contribution in [-0.2, 0) is 0 Å². The van der Waals surface area contributed by atoms with E-state index in [2.05, 4.69) is 15.1 Å². The van der Waals surface area contributed by atoms with Gasteiger partial charge in [-0.2, -0.15) is 9.78 Å². The summed E-state index contributed by atoms with van der Waals surface area (Å²) in [7, 11) is 0. The van der Waals surface area contributed by atoms with Gasteiger partial charge in [-0.3, -0.25) is 4.79 Å². The van der Waals surface area contributed by atoms with Gasteiger partial charge < -0.3 is 4.74 Å². The summed E-state index contributed by atoms with van der Waals surface area (Å²) in [6, 6.07) is 7.35. The molecule has 2 heterocycles. The molecule has 8 heteroatoms. The van der Waals surface area contributed by atoms with E-state index < -0.39 is 5.56 Å². The maximum absolute atomic E-state index is 12.1. The van der Waals surface area contributed by atoms with Crippen molar-refractivity contribution in [2.24, 2.45) is 0 Å². The molecule has 0 aliphatic heterocycles. The van der Waals surface area contributed by atoms with Crippen LogP contribution in [0.5, 0.6) is 11.6 Å². The van der Waals surface area contributed by atoms with E-state index in [1.165, 1.54) is 18.6 Å². The summed E-state index contributed by atoms with van der Waals surface area (Å²) in [5, 5.41) is 3.89. The second-order valence-electron chi connectivity index (χ2n) is 5.11. The highest BCUT2D eigenvalue weighted by atomic mass is 35.5. The van der Waals surface area contributed by atoms with Crippen molar-refractivity contribution in [1.29, 1.82) is 0 Å². The summed E-state index contributed by atoms with van der Waals surface area (Å²) in [5.74, 6) is 1.19. The average Bonchev–Trinajstić information content (AvgIpc) is 2.56. The molecule has 0 atom stereocenters. The van der Waals surface area contributed by atoms with E-state index in [1.807, 2.05) is 32.0 Å². The van der Waals surface area contributed by atoms with Gasteiger partial charge in [0.1, 0.15) is 17.1 Å². The maximum Gasteiger partial charge on any atom is 0.293 e. The molecule has 0 aliphatic carbocycles. The van der Waals surface area contributed by atoms with Gasteiger partial charge in [-0.05, 0) is 31.0 Å². The van der Waals surface area contributed by atoms with Crippen LogP contribution in [0.4, 0.5) is 0 Å². The van der Waals surface area contributed by atoms with Crippen molar-refractivity contribution in [3.05, 3.63) is 68.3 Å². The molecule has 0 N–H and O–H groups in total. The van der Waals surface area contributed by atoms with Crippen molar-refractivity contribution in [3.8, 4) is 17.4 Å². The summed E-state index contributed by atoms with van der Waals surface area (Å²) in [6.07, 6.45) is 2.56. The Balaban J connectivity index is 2.00. The van der Waals surface area contributed by atoms with Gasteiger partial charge in [0.15, 0.2) is 5.82 Å². The van der Waals surface area contributed by atoms with Crippen molar-refractivity contribution < 1.29 is 4.74 Å². The van der Waals surface area contributed by atoms with Gasteiger partial charge in [-0.25, -0.2) is 9.97 Å². The Labute approximate surface area is 147 Å². The second kappa shape index (κ2) is 6.59. The lowest BCUT2D eigenvalue weighted by Crippen LogP contribution is -2.22. The fraction of sp³-hybridized carbons (Fsp3) is 0.125. The van der Waals surface area contributed by atoms with Crippen molar-refractivity contribution in [1.82, 2.24) is 19.7 Å². The van der Waals surface area contributed by atoms with Crippen LogP contribution in [0.2, 0.25) is 10.0 Å². The van der Waals surface area contributed by atoms with Gasteiger partial charge in [0, 0.05) is 6.07 Å². The van der Waals surface area contributed by atoms with E-state index in [-0.39, 0.29) is 21.7 Å². The first-order chi connectivity index (χ1) is 11.5. The Hall–Kier alpha value is -2.44. The molecule has 24 heavy (non-hydrogen) atoms. The third-order valence-electron chi connectivity index (χ3n) is 3.28. The molecule has 1 aromatic carbocycles. The zero-order valence-electron chi connectivity index (χ0n) is 12.8. The van der Waals surface area contributed by atoms with E-state index in [0.29, 0.717) is 5.75 Å². The number of benzene rings is 1. The number of hydrogen-bond acceptors (Lipinski definition) is 5. The standard InChI is InChI=1S/C16H12Cl2N4O2/c1-9-3-4-10(2)12(5-9)24-14-6-13(19-8-20-14)22-16(23)15(18)11(17)7-21-22/h3-8H,1-2H3. The Morgan fingerprint density at radius 3 is 2.71 bits per heavy atom. The molecule has 0 unspecified atom stereocenters. The van der Waals surface area contributed by atoms with Gasteiger partial charge in [-0.1, -0.05) is 35.3 Å². The minimum atomic E-state index is -0.569. The van der Waals surface area contributed by atoms with Crippen molar-refractivity contribution in [3.63, 3.8) is 0 Å². The summed E-state index contributed by atoms with van der Waals surface area (Å²) in [4.78, 5) is 20.2. The van der Waals surface area contributed by atoms with Crippen LogP contribution in [0.3, 0.4) is 0 Å². The molecule has 3 aromatic rings. The molecule has 3 rings (SSSR count). The molecule has 0 saturated heterocycles. The zero-order chi connectivity index (χ0) is 17.3. The van der Waals surface area contributed by atoms with Crippen molar-refractivity contribution in [2.45, 2.75) is 13.8 Å². The molecule has 0 radical (unpaired) electrons. The highest BCUT2D eigenvalue weighted by Crippen LogP contribution is 2.25. The number of aromatic nitrogens is 4. The predicted octanol–water partition coefficient (Wildman–Crippen LogP) is 3.74. The SMILES string of the molecule is Cc1ccc(C)c(Oc2cc(-n3ncc(Cl)c(Cl)c3=O)ncn2)c1. The quantitative estimate of drug-likeness (QED) is 0.709. The van der Waals surface area contributed by atoms with Crippen LogP contribution in [0.1, 0.15) is 11.1 Å². The normalized spacial score (nSPS) is 10.7. The summed E-state index contributed by atoms with van der Waals surface area (Å²) >= 11 is 11.6. The molecular weight excluding hydrogens is 351 g/mol. The molecule has 122 valence electrons. The summed E-state index contributed by atoms with van der Waals surface area (Å²) < 4.78 is 6.83. The topological polar surface area (TPSA) is 69.9 Å². The molecular formula is C16H12Cl2N4O2. The minimum Gasteiger partial charge on any atom is -0.439 e. The van der Waals surface area contributed by atoms with Gasteiger partial charge in [0.2, 0.25) is 5.88 Å². The molecule has 0 spiro atoms. The smallest absolute Gasteiger partial charge is 0.293 e. The van der Waals surface area contributed by atoms with Crippen LogP contribution >= 0.6 is 23.2 Å². The van der Waals surface area contributed by atoms with Gasteiger partial charge in [0.25, 0.3) is 5.56 Å². The van der Waals surface area contributed by atoms with Gasteiger partial charge in [-0.15, -0.1) is 0 Å². The Morgan fingerprint density at radius 2 is 1.92 bits per heavy atom. The maximum atomic E-state index is 12.1. The third-order valence-corrected chi connectivity index (χ3v) is 4.03. The largest absolute Gasteiger partial charge is 0.439 e. The monoisotopic (exact) mass is 362 g/mol. The number of rotatable bonds is 3. The zero-order valence-corrected chi connectivity index (χ0v) is 14.3. The number of aryl methyl sites for hydroxylation is 2. The molecule has 0 bridgehead atoms. The second-order valence-corrected chi connectivity index (χ2v) is 5.89. The summed E-state index contributed by atoms with van der Waals surface area (Å²) in [5.41, 5.74) is 1.46. The first kappa shape index (κ1) is 16.4. The Morgan fingerprint density at radius 1 is 1.12 bits per heavy atom. The first-order valence-corrected chi connectivity index (χ1v) is 7.72. The average molecular weight is 363 g/mol. The molecule has 6 nitrogen and oxygen atoms in total. The Kier molecular flexibility index (Phi) is 4.51. The van der Waals surface area contributed by atoms with E-state index in [1.54, 1.807) is 0 Å². The van der Waals surface area contributed by atoms with E-state index in [4.69, 9.17) is 27.9 Å². The number of ether oxygens (including phenoxy) is 1. The van der Waals surface area contributed by atoms with E-state index in [0.717, 1.165) is 15.8 Å². The number of nitrogens with zero attached hydrogens (tertiary/aromatic N) is 4. The Bertz CT molecular complexity index is 973. The lowest BCUT2D eigenvalue weighted by atomic mass is 10.1. The number of halogens is 2. The predicted molar refractivity (Wildman–Crippen MR) is 91.4 cm³/mol. The molecule has 0 aliphatic rings.